The van der Waals surface area contributed by atoms with Crippen molar-refractivity contribution in [3.8, 4) is 0 Å². The second-order valence-electron chi connectivity index (χ2n) is 4.63. The average Bonchev–Trinajstić information content (AvgIpc) is 2.42. The van der Waals surface area contributed by atoms with E-state index in [4.69, 9.17) is 11.6 Å². The molecule has 5 nitrogen and oxygen atoms in total. The number of aromatic nitrogens is 2. The molecule has 84 valence electrons. The van der Waals surface area contributed by atoms with Crippen LogP contribution in [0.1, 0.15) is 27.2 Å². The molecule has 0 atom stereocenters. The van der Waals surface area contributed by atoms with E-state index >= 15 is 0 Å². The maximum atomic E-state index is 10.5. The van der Waals surface area contributed by atoms with Crippen molar-refractivity contribution in [2.75, 3.05) is 0 Å². The molecule has 0 bridgehead atoms. The van der Waals surface area contributed by atoms with Crippen LogP contribution in [-0.4, -0.2) is 14.7 Å². The number of nitro groups is 1. The van der Waals surface area contributed by atoms with Crippen molar-refractivity contribution < 1.29 is 4.92 Å². The van der Waals surface area contributed by atoms with Gasteiger partial charge in [0.05, 0.1) is 17.8 Å². The molecular formula is C9H14ClN3O2. The fraction of sp³-hybridized carbons (Fsp3) is 0.667. The van der Waals surface area contributed by atoms with Gasteiger partial charge in [-0.1, -0.05) is 32.4 Å². The monoisotopic (exact) mass is 231 g/mol. The van der Waals surface area contributed by atoms with Crippen molar-refractivity contribution >= 4 is 17.4 Å². The largest absolute Gasteiger partial charge is 0.408 e. The van der Waals surface area contributed by atoms with Crippen LogP contribution in [0, 0.1) is 15.5 Å². The van der Waals surface area contributed by atoms with Crippen molar-refractivity contribution in [1.82, 2.24) is 9.78 Å². The van der Waals surface area contributed by atoms with E-state index in [1.165, 1.54) is 10.9 Å². The molecule has 0 spiro atoms. The van der Waals surface area contributed by atoms with Crippen molar-refractivity contribution in [3.05, 3.63) is 21.3 Å². The molecule has 0 N–H and O–H groups in total. The molecular weight excluding hydrogens is 218 g/mol. The van der Waals surface area contributed by atoms with Gasteiger partial charge >= 0.3 is 5.82 Å². The Morgan fingerprint density at radius 3 is 2.60 bits per heavy atom. The second kappa shape index (κ2) is 4.18. The molecule has 0 aromatic carbocycles. The van der Waals surface area contributed by atoms with Crippen LogP contribution in [0.2, 0.25) is 5.02 Å². The summed E-state index contributed by atoms with van der Waals surface area (Å²) in [5.41, 5.74) is 0.174. The Morgan fingerprint density at radius 2 is 2.20 bits per heavy atom. The first-order chi connectivity index (χ1) is 6.79. The minimum atomic E-state index is -0.573. The number of halogens is 1. The van der Waals surface area contributed by atoms with E-state index in [2.05, 4.69) is 25.9 Å². The van der Waals surface area contributed by atoms with Gasteiger partial charge in [0, 0.05) is 0 Å². The quantitative estimate of drug-likeness (QED) is 0.594. The maximum Gasteiger partial charge on any atom is 0.408 e. The van der Waals surface area contributed by atoms with Gasteiger partial charge in [-0.3, -0.25) is 0 Å². The number of hydrogen-bond donors (Lipinski definition) is 0. The predicted octanol–water partition coefficient (Wildman–Crippen LogP) is 2.88. The lowest BCUT2D eigenvalue weighted by Crippen LogP contribution is -2.10. The first-order valence-electron chi connectivity index (χ1n) is 4.67. The molecule has 0 amide bonds. The molecule has 0 fully saturated rings. The van der Waals surface area contributed by atoms with Gasteiger partial charge in [-0.05, 0) is 16.8 Å². The Labute approximate surface area is 93.2 Å². The molecule has 6 heteroatoms. The molecule has 1 heterocycles. The molecule has 0 unspecified atom stereocenters. The summed E-state index contributed by atoms with van der Waals surface area (Å²) in [4.78, 5) is 9.91. The molecule has 1 aromatic heterocycles. The van der Waals surface area contributed by atoms with Crippen LogP contribution in [0.5, 0.6) is 0 Å². The van der Waals surface area contributed by atoms with Crippen LogP contribution in [0.15, 0.2) is 6.20 Å². The highest BCUT2D eigenvalue weighted by Gasteiger charge is 2.20. The second-order valence-corrected chi connectivity index (χ2v) is 5.04. The molecule has 0 radical (unpaired) electrons. The van der Waals surface area contributed by atoms with Gasteiger partial charge in [-0.15, -0.1) is 0 Å². The summed E-state index contributed by atoms with van der Waals surface area (Å²) in [6, 6.07) is 0. The highest BCUT2D eigenvalue weighted by molar-refractivity contribution is 6.32. The van der Waals surface area contributed by atoms with Crippen molar-refractivity contribution in [1.29, 1.82) is 0 Å². The highest BCUT2D eigenvalue weighted by Crippen LogP contribution is 2.23. The zero-order valence-corrected chi connectivity index (χ0v) is 9.78. The SMILES string of the molecule is CC(C)(C)CCn1cc(Cl)c([N+](=O)[O-])n1. The Bertz CT molecular complexity index is 368. The summed E-state index contributed by atoms with van der Waals surface area (Å²) < 4.78 is 1.52. The summed E-state index contributed by atoms with van der Waals surface area (Å²) in [5, 5.41) is 14.4. The van der Waals surface area contributed by atoms with Gasteiger partial charge in [0.15, 0.2) is 5.02 Å². The third-order valence-electron chi connectivity index (χ3n) is 1.96. The van der Waals surface area contributed by atoms with E-state index < -0.39 is 4.92 Å². The molecule has 0 aliphatic carbocycles. The third kappa shape index (κ3) is 3.51. The summed E-state index contributed by atoms with van der Waals surface area (Å²) in [7, 11) is 0. The van der Waals surface area contributed by atoms with E-state index in [0.29, 0.717) is 6.54 Å². The highest BCUT2D eigenvalue weighted by atomic mass is 35.5. The van der Waals surface area contributed by atoms with Crippen LogP contribution < -0.4 is 0 Å². The Balaban J connectivity index is 2.72. The van der Waals surface area contributed by atoms with Gasteiger partial charge < -0.3 is 10.1 Å². The van der Waals surface area contributed by atoms with Crippen LogP contribution in [0.25, 0.3) is 0 Å². The summed E-state index contributed by atoms with van der Waals surface area (Å²) >= 11 is 5.66. The lowest BCUT2D eigenvalue weighted by molar-refractivity contribution is -0.389. The molecule has 15 heavy (non-hydrogen) atoms. The lowest BCUT2D eigenvalue weighted by Gasteiger charge is -2.16. The third-order valence-corrected chi connectivity index (χ3v) is 2.23. The zero-order chi connectivity index (χ0) is 11.6. The molecule has 1 rings (SSSR count). The summed E-state index contributed by atoms with van der Waals surface area (Å²) in [6.45, 7) is 6.95. The van der Waals surface area contributed by atoms with Crippen molar-refractivity contribution in [2.45, 2.75) is 33.7 Å². The smallest absolute Gasteiger partial charge is 0.358 e. The minimum Gasteiger partial charge on any atom is -0.358 e. The van der Waals surface area contributed by atoms with E-state index in [1.54, 1.807) is 0 Å². The van der Waals surface area contributed by atoms with E-state index in [0.717, 1.165) is 6.42 Å². The molecule has 0 aliphatic rings. The molecule has 1 aromatic rings. The zero-order valence-electron chi connectivity index (χ0n) is 9.03. The van der Waals surface area contributed by atoms with Crippen molar-refractivity contribution in [3.63, 3.8) is 0 Å². The van der Waals surface area contributed by atoms with Crippen LogP contribution in [-0.2, 0) is 6.54 Å². The van der Waals surface area contributed by atoms with Gasteiger partial charge in [0.25, 0.3) is 0 Å². The van der Waals surface area contributed by atoms with Gasteiger partial charge in [0.2, 0.25) is 0 Å². The Morgan fingerprint density at radius 1 is 1.60 bits per heavy atom. The van der Waals surface area contributed by atoms with Crippen LogP contribution in [0.4, 0.5) is 5.82 Å². The number of rotatable bonds is 3. The van der Waals surface area contributed by atoms with E-state index in [-0.39, 0.29) is 16.3 Å². The summed E-state index contributed by atoms with van der Waals surface area (Å²) in [5.74, 6) is -0.273. The maximum absolute atomic E-state index is 10.5. The summed E-state index contributed by atoms with van der Waals surface area (Å²) in [6.07, 6.45) is 2.38. The fourth-order valence-electron chi connectivity index (χ4n) is 1.08. The first-order valence-corrected chi connectivity index (χ1v) is 5.05. The number of hydrogen-bond acceptors (Lipinski definition) is 3. The molecule has 0 aliphatic heterocycles. The predicted molar refractivity (Wildman–Crippen MR) is 58.0 cm³/mol. The minimum absolute atomic E-state index is 0.0916. The van der Waals surface area contributed by atoms with Gasteiger partial charge in [-0.25, -0.2) is 0 Å². The number of aryl methyl sites for hydroxylation is 1. The average molecular weight is 232 g/mol. The number of nitrogens with zero attached hydrogens (tertiary/aromatic N) is 3. The van der Waals surface area contributed by atoms with E-state index in [9.17, 15) is 10.1 Å². The normalized spacial score (nSPS) is 11.7. The van der Waals surface area contributed by atoms with Crippen molar-refractivity contribution in [2.24, 2.45) is 5.41 Å². The molecule has 0 saturated heterocycles. The first kappa shape index (κ1) is 12.0. The van der Waals surface area contributed by atoms with Gasteiger partial charge in [0.1, 0.15) is 0 Å². The standard InChI is InChI=1S/C9H14ClN3O2/c1-9(2,3)4-5-12-6-7(10)8(11-12)13(14)15/h6H,4-5H2,1-3H3. The topological polar surface area (TPSA) is 61.0 Å². The van der Waals surface area contributed by atoms with Crippen LogP contribution >= 0.6 is 11.6 Å². The van der Waals surface area contributed by atoms with Crippen LogP contribution in [0.3, 0.4) is 0 Å². The Hall–Kier alpha value is -1.10. The Kier molecular flexibility index (Phi) is 3.34. The fourth-order valence-corrected chi connectivity index (χ4v) is 1.29. The van der Waals surface area contributed by atoms with Gasteiger partial charge in [-0.2, -0.15) is 4.68 Å². The lowest BCUT2D eigenvalue weighted by atomic mass is 9.92. The van der Waals surface area contributed by atoms with E-state index in [1.807, 2.05) is 0 Å². The molecule has 0 saturated carbocycles.